The van der Waals surface area contributed by atoms with Crippen molar-refractivity contribution in [3.63, 3.8) is 0 Å². The Morgan fingerprint density at radius 3 is 2.54 bits per heavy atom. The van der Waals surface area contributed by atoms with Crippen LogP contribution >= 0.6 is 0 Å². The van der Waals surface area contributed by atoms with Crippen LogP contribution in [0.4, 0.5) is 5.69 Å². The first kappa shape index (κ1) is 16.9. The molecule has 1 aromatic heterocycles. The van der Waals surface area contributed by atoms with Crippen molar-refractivity contribution in [2.45, 2.75) is 30.3 Å². The van der Waals surface area contributed by atoms with Crippen LogP contribution in [0.5, 0.6) is 0 Å². The van der Waals surface area contributed by atoms with Gasteiger partial charge in [0, 0.05) is 50.0 Å². The van der Waals surface area contributed by atoms with Gasteiger partial charge in [-0.25, -0.2) is 8.42 Å². The molecule has 2 heterocycles. The molecule has 128 valence electrons. The van der Waals surface area contributed by atoms with Crippen molar-refractivity contribution in [3.8, 4) is 0 Å². The number of sulfone groups is 1. The molecule has 0 bridgehead atoms. The van der Waals surface area contributed by atoms with Gasteiger partial charge in [-0.2, -0.15) is 0 Å². The molecule has 1 aliphatic rings. The van der Waals surface area contributed by atoms with E-state index in [9.17, 15) is 8.42 Å². The van der Waals surface area contributed by atoms with E-state index in [0.717, 1.165) is 38.2 Å². The van der Waals surface area contributed by atoms with Gasteiger partial charge in [0.15, 0.2) is 9.84 Å². The Labute approximate surface area is 143 Å². The fourth-order valence-corrected chi connectivity index (χ4v) is 3.70. The van der Waals surface area contributed by atoms with Crippen LogP contribution in [0.2, 0.25) is 0 Å². The molecule has 6 heteroatoms. The first-order valence-electron chi connectivity index (χ1n) is 8.18. The molecule has 0 radical (unpaired) electrons. The number of nitrogens with zero attached hydrogens (tertiary/aromatic N) is 2. The number of likely N-dealkylation sites (tertiary alicyclic amines) is 1. The average molecular weight is 345 g/mol. The lowest BCUT2D eigenvalue weighted by Crippen LogP contribution is -2.38. The van der Waals surface area contributed by atoms with Crippen molar-refractivity contribution in [1.82, 2.24) is 9.88 Å². The van der Waals surface area contributed by atoms with Crippen LogP contribution in [-0.2, 0) is 16.4 Å². The highest BCUT2D eigenvalue weighted by molar-refractivity contribution is 7.90. The highest BCUT2D eigenvalue weighted by Gasteiger charge is 2.19. The summed E-state index contributed by atoms with van der Waals surface area (Å²) in [5, 5.41) is 3.48. The van der Waals surface area contributed by atoms with Gasteiger partial charge < -0.3 is 5.32 Å². The van der Waals surface area contributed by atoms with Crippen LogP contribution in [0, 0.1) is 0 Å². The van der Waals surface area contributed by atoms with E-state index in [0.29, 0.717) is 10.9 Å². The molecule has 0 saturated carbocycles. The standard InChI is InChI=1S/C18H23N3O2S/c1-24(22,23)18-4-2-3-17(13-18)20-16-7-11-21(12-8-16)14-15-5-9-19-10-6-15/h2-6,9-10,13,16,20H,7-8,11-12,14H2,1H3. The molecule has 1 aromatic carbocycles. The van der Waals surface area contributed by atoms with E-state index in [1.807, 2.05) is 18.5 Å². The normalized spacial score (nSPS) is 16.9. The van der Waals surface area contributed by atoms with E-state index < -0.39 is 9.84 Å². The maximum atomic E-state index is 11.7. The largest absolute Gasteiger partial charge is 0.382 e. The summed E-state index contributed by atoms with van der Waals surface area (Å²) >= 11 is 0. The van der Waals surface area contributed by atoms with Crippen molar-refractivity contribution < 1.29 is 8.42 Å². The lowest BCUT2D eigenvalue weighted by atomic mass is 10.0. The number of benzene rings is 1. The van der Waals surface area contributed by atoms with Gasteiger partial charge >= 0.3 is 0 Å². The Morgan fingerprint density at radius 1 is 1.17 bits per heavy atom. The number of piperidine rings is 1. The lowest BCUT2D eigenvalue weighted by molar-refractivity contribution is 0.211. The van der Waals surface area contributed by atoms with Crippen molar-refractivity contribution in [1.29, 1.82) is 0 Å². The van der Waals surface area contributed by atoms with Gasteiger partial charge in [-0.15, -0.1) is 0 Å². The summed E-state index contributed by atoms with van der Waals surface area (Å²) in [6.07, 6.45) is 7.00. The third-order valence-corrected chi connectivity index (χ3v) is 5.49. The second-order valence-corrected chi connectivity index (χ2v) is 8.37. The number of hydrogen-bond donors (Lipinski definition) is 1. The maximum absolute atomic E-state index is 11.7. The predicted octanol–water partition coefficient (Wildman–Crippen LogP) is 2.56. The lowest BCUT2D eigenvalue weighted by Gasteiger charge is -2.33. The second kappa shape index (κ2) is 7.32. The topological polar surface area (TPSA) is 62.3 Å². The van der Waals surface area contributed by atoms with E-state index in [4.69, 9.17) is 0 Å². The number of rotatable bonds is 5. The first-order chi connectivity index (χ1) is 11.5. The molecule has 1 N–H and O–H groups in total. The van der Waals surface area contributed by atoms with Crippen LogP contribution in [0.15, 0.2) is 53.7 Å². The monoisotopic (exact) mass is 345 g/mol. The van der Waals surface area contributed by atoms with Gasteiger partial charge in [0.25, 0.3) is 0 Å². The molecule has 24 heavy (non-hydrogen) atoms. The molecule has 2 aromatic rings. The molecule has 5 nitrogen and oxygen atoms in total. The third-order valence-electron chi connectivity index (χ3n) is 4.38. The van der Waals surface area contributed by atoms with Gasteiger partial charge in [-0.1, -0.05) is 6.07 Å². The van der Waals surface area contributed by atoms with Crippen LogP contribution in [0.3, 0.4) is 0 Å². The Kier molecular flexibility index (Phi) is 5.16. The molecule has 0 amide bonds. The zero-order valence-electron chi connectivity index (χ0n) is 13.9. The number of hydrogen-bond acceptors (Lipinski definition) is 5. The van der Waals surface area contributed by atoms with Crippen LogP contribution in [0.1, 0.15) is 18.4 Å². The minimum atomic E-state index is -3.16. The summed E-state index contributed by atoms with van der Waals surface area (Å²) in [6, 6.07) is 11.6. The zero-order chi connectivity index (χ0) is 17.0. The molecular formula is C18H23N3O2S. The molecule has 3 rings (SSSR count). The maximum Gasteiger partial charge on any atom is 0.175 e. The first-order valence-corrected chi connectivity index (χ1v) is 10.1. The second-order valence-electron chi connectivity index (χ2n) is 6.35. The Morgan fingerprint density at radius 2 is 1.88 bits per heavy atom. The van der Waals surface area contributed by atoms with E-state index in [1.165, 1.54) is 11.8 Å². The van der Waals surface area contributed by atoms with Gasteiger partial charge in [0.05, 0.1) is 4.90 Å². The summed E-state index contributed by atoms with van der Waals surface area (Å²) < 4.78 is 23.3. The average Bonchev–Trinajstić information content (AvgIpc) is 2.57. The molecule has 0 aliphatic carbocycles. The molecule has 0 unspecified atom stereocenters. The predicted molar refractivity (Wildman–Crippen MR) is 95.7 cm³/mol. The molecule has 0 spiro atoms. The number of pyridine rings is 1. The minimum Gasteiger partial charge on any atom is -0.382 e. The summed E-state index contributed by atoms with van der Waals surface area (Å²) in [5.41, 5.74) is 2.17. The van der Waals surface area contributed by atoms with Gasteiger partial charge in [0.2, 0.25) is 0 Å². The van der Waals surface area contributed by atoms with Gasteiger partial charge in [-0.05, 0) is 48.7 Å². The highest BCUT2D eigenvalue weighted by atomic mass is 32.2. The molecule has 1 saturated heterocycles. The van der Waals surface area contributed by atoms with Crippen molar-refractivity contribution >= 4 is 15.5 Å². The number of aromatic nitrogens is 1. The fraction of sp³-hybridized carbons (Fsp3) is 0.389. The van der Waals surface area contributed by atoms with E-state index in [2.05, 4.69) is 27.3 Å². The third kappa shape index (κ3) is 4.55. The molecular weight excluding hydrogens is 322 g/mol. The quantitative estimate of drug-likeness (QED) is 0.902. The van der Waals surface area contributed by atoms with Gasteiger partial charge in [-0.3, -0.25) is 9.88 Å². The smallest absolute Gasteiger partial charge is 0.175 e. The summed E-state index contributed by atoms with van der Waals surface area (Å²) in [7, 11) is -3.16. The number of nitrogens with one attached hydrogen (secondary N) is 1. The van der Waals surface area contributed by atoms with Crippen LogP contribution < -0.4 is 5.32 Å². The molecule has 1 fully saturated rings. The van der Waals surface area contributed by atoms with Crippen molar-refractivity contribution in [2.24, 2.45) is 0 Å². The van der Waals surface area contributed by atoms with Gasteiger partial charge in [0.1, 0.15) is 0 Å². The zero-order valence-corrected chi connectivity index (χ0v) is 14.7. The number of anilines is 1. The van der Waals surface area contributed by atoms with Crippen LogP contribution in [0.25, 0.3) is 0 Å². The van der Waals surface area contributed by atoms with E-state index >= 15 is 0 Å². The summed E-state index contributed by atoms with van der Waals surface area (Å²) in [5.74, 6) is 0. The van der Waals surface area contributed by atoms with Crippen molar-refractivity contribution in [2.75, 3.05) is 24.7 Å². The van der Waals surface area contributed by atoms with Crippen LogP contribution in [-0.4, -0.2) is 43.7 Å². The summed E-state index contributed by atoms with van der Waals surface area (Å²) in [4.78, 5) is 6.86. The SMILES string of the molecule is CS(=O)(=O)c1cccc(NC2CCN(Cc3ccncc3)CC2)c1. The highest BCUT2D eigenvalue weighted by Crippen LogP contribution is 2.20. The molecule has 1 aliphatic heterocycles. The fourth-order valence-electron chi connectivity index (χ4n) is 3.03. The van der Waals surface area contributed by atoms with Crippen molar-refractivity contribution in [3.05, 3.63) is 54.4 Å². The Bertz CT molecular complexity index is 770. The minimum absolute atomic E-state index is 0.364. The molecule has 0 atom stereocenters. The Hall–Kier alpha value is -1.92. The Balaban J connectivity index is 1.54. The summed E-state index contributed by atoms with van der Waals surface area (Å²) in [6.45, 7) is 3.02. The van der Waals surface area contributed by atoms with E-state index in [-0.39, 0.29) is 0 Å². The van der Waals surface area contributed by atoms with E-state index in [1.54, 1.807) is 18.2 Å².